The largest absolute Gasteiger partial charge is 0.340 e. The van der Waals surface area contributed by atoms with Gasteiger partial charge in [0.2, 0.25) is 0 Å². The summed E-state index contributed by atoms with van der Waals surface area (Å²) in [5, 5.41) is 5.62. The second-order valence-electron chi connectivity index (χ2n) is 5.81. The van der Waals surface area contributed by atoms with Crippen LogP contribution in [0.3, 0.4) is 0 Å². The van der Waals surface area contributed by atoms with Crippen LogP contribution in [0.15, 0.2) is 48.8 Å². The topological polar surface area (TPSA) is 66.9 Å². The van der Waals surface area contributed by atoms with Crippen molar-refractivity contribution in [3.8, 4) is 0 Å². The van der Waals surface area contributed by atoms with Crippen molar-refractivity contribution in [2.75, 3.05) is 10.6 Å². The number of nitrogens with zero attached hydrogens (tertiary/aromatic N) is 2. The summed E-state index contributed by atoms with van der Waals surface area (Å²) < 4.78 is 26.2. The number of hydrogen-bond acceptors (Lipinski definition) is 4. The van der Waals surface area contributed by atoms with Crippen LogP contribution in [0.2, 0.25) is 0 Å². The predicted octanol–water partition coefficient (Wildman–Crippen LogP) is 4.37. The number of carbonyl (C=O) groups excluding carboxylic acids is 1. The molecule has 1 aromatic heterocycles. The maximum Gasteiger partial charge on any atom is 0.274 e. The van der Waals surface area contributed by atoms with Crippen LogP contribution < -0.4 is 10.6 Å². The number of aryl methyl sites for hydroxylation is 2. The number of nitrogens with one attached hydrogen (secondary N) is 2. The van der Waals surface area contributed by atoms with Gasteiger partial charge in [0.15, 0.2) is 11.6 Å². The minimum atomic E-state index is -1.04. The highest BCUT2D eigenvalue weighted by molar-refractivity contribution is 6.03. The van der Waals surface area contributed by atoms with E-state index in [1.807, 2.05) is 32.0 Å². The Morgan fingerprint density at radius 3 is 2.54 bits per heavy atom. The van der Waals surface area contributed by atoms with Crippen LogP contribution in [-0.4, -0.2) is 15.9 Å². The van der Waals surface area contributed by atoms with Crippen LogP contribution in [0.25, 0.3) is 0 Å². The third-order valence-corrected chi connectivity index (χ3v) is 3.73. The molecule has 0 radical (unpaired) electrons. The molecule has 3 rings (SSSR count). The van der Waals surface area contributed by atoms with E-state index in [1.54, 1.807) is 0 Å². The van der Waals surface area contributed by atoms with E-state index < -0.39 is 17.5 Å². The van der Waals surface area contributed by atoms with E-state index in [4.69, 9.17) is 0 Å². The average Bonchev–Trinajstić information content (AvgIpc) is 2.61. The van der Waals surface area contributed by atoms with Crippen LogP contribution in [0.1, 0.15) is 21.6 Å². The standard InChI is InChI=1S/C19H16F2N4O/c1-11-3-4-12(2)16(7-11)25-18-9-17(22-10-23-18)19(26)24-13-5-6-14(20)15(21)8-13/h3-10H,1-2H3,(H,24,26)(H,22,23,25). The molecule has 0 aliphatic rings. The molecule has 1 heterocycles. The molecule has 0 aliphatic carbocycles. The number of benzene rings is 2. The molecule has 1 amide bonds. The molecule has 26 heavy (non-hydrogen) atoms. The molecule has 2 N–H and O–H groups in total. The zero-order valence-corrected chi connectivity index (χ0v) is 14.2. The van der Waals surface area contributed by atoms with Gasteiger partial charge in [0.25, 0.3) is 5.91 Å². The van der Waals surface area contributed by atoms with Crippen LogP contribution in [0.5, 0.6) is 0 Å². The summed E-state index contributed by atoms with van der Waals surface area (Å²) >= 11 is 0. The molecular formula is C19H16F2N4O. The highest BCUT2D eigenvalue weighted by Crippen LogP contribution is 2.21. The molecule has 0 bridgehead atoms. The first kappa shape index (κ1) is 17.5. The Labute approximate surface area is 149 Å². The van der Waals surface area contributed by atoms with E-state index in [0.717, 1.165) is 28.9 Å². The molecule has 2 aromatic carbocycles. The lowest BCUT2D eigenvalue weighted by Crippen LogP contribution is -2.14. The van der Waals surface area contributed by atoms with E-state index in [0.29, 0.717) is 5.82 Å². The van der Waals surface area contributed by atoms with Crippen molar-refractivity contribution in [2.24, 2.45) is 0 Å². The number of rotatable bonds is 4. The molecule has 0 saturated heterocycles. The number of amides is 1. The Balaban J connectivity index is 1.78. The summed E-state index contributed by atoms with van der Waals surface area (Å²) in [6.45, 7) is 3.94. The van der Waals surface area contributed by atoms with Crippen molar-refractivity contribution in [3.63, 3.8) is 0 Å². The van der Waals surface area contributed by atoms with Gasteiger partial charge in [-0.25, -0.2) is 18.7 Å². The summed E-state index contributed by atoms with van der Waals surface area (Å²) in [5.74, 6) is -2.13. The molecule has 0 spiro atoms. The Morgan fingerprint density at radius 1 is 0.962 bits per heavy atom. The summed E-state index contributed by atoms with van der Waals surface area (Å²) in [6.07, 6.45) is 1.26. The molecule has 3 aromatic rings. The smallest absolute Gasteiger partial charge is 0.274 e. The van der Waals surface area contributed by atoms with E-state index in [1.165, 1.54) is 18.5 Å². The normalized spacial score (nSPS) is 10.5. The van der Waals surface area contributed by atoms with Gasteiger partial charge in [-0.3, -0.25) is 4.79 Å². The van der Waals surface area contributed by atoms with Crippen LogP contribution in [0.4, 0.5) is 26.0 Å². The predicted molar refractivity (Wildman–Crippen MR) is 95.5 cm³/mol. The molecule has 132 valence electrons. The first-order chi connectivity index (χ1) is 12.4. The number of aromatic nitrogens is 2. The maximum atomic E-state index is 13.2. The summed E-state index contributed by atoms with van der Waals surface area (Å²) in [4.78, 5) is 20.3. The molecule has 0 saturated carbocycles. The Morgan fingerprint density at radius 2 is 1.77 bits per heavy atom. The molecule has 5 nitrogen and oxygen atoms in total. The first-order valence-corrected chi connectivity index (χ1v) is 7.85. The first-order valence-electron chi connectivity index (χ1n) is 7.85. The highest BCUT2D eigenvalue weighted by atomic mass is 19.2. The van der Waals surface area contributed by atoms with Gasteiger partial charge in [0.1, 0.15) is 17.8 Å². The fraction of sp³-hybridized carbons (Fsp3) is 0.105. The minimum absolute atomic E-state index is 0.0949. The third-order valence-electron chi connectivity index (χ3n) is 3.73. The van der Waals surface area contributed by atoms with E-state index in [-0.39, 0.29) is 11.4 Å². The lowest BCUT2D eigenvalue weighted by Gasteiger charge is -2.10. The Hall–Kier alpha value is -3.35. The molecule has 0 atom stereocenters. The van der Waals surface area contributed by atoms with E-state index >= 15 is 0 Å². The lowest BCUT2D eigenvalue weighted by molar-refractivity contribution is 0.102. The third kappa shape index (κ3) is 4.00. The van der Waals surface area contributed by atoms with Gasteiger partial charge in [-0.1, -0.05) is 12.1 Å². The number of anilines is 3. The summed E-state index contributed by atoms with van der Waals surface area (Å²) in [7, 11) is 0. The van der Waals surface area contributed by atoms with Gasteiger partial charge >= 0.3 is 0 Å². The van der Waals surface area contributed by atoms with Crippen molar-refractivity contribution in [1.82, 2.24) is 9.97 Å². The molecule has 7 heteroatoms. The number of hydrogen-bond donors (Lipinski definition) is 2. The monoisotopic (exact) mass is 354 g/mol. The van der Waals surface area contributed by atoms with Gasteiger partial charge in [0, 0.05) is 23.5 Å². The SMILES string of the molecule is Cc1ccc(C)c(Nc2cc(C(=O)Nc3ccc(F)c(F)c3)ncn2)c1. The van der Waals surface area contributed by atoms with Crippen LogP contribution in [-0.2, 0) is 0 Å². The van der Waals surface area contributed by atoms with Crippen LogP contribution >= 0.6 is 0 Å². The number of halogens is 2. The highest BCUT2D eigenvalue weighted by Gasteiger charge is 2.11. The van der Waals surface area contributed by atoms with E-state index in [2.05, 4.69) is 20.6 Å². The Kier molecular flexibility index (Phi) is 4.88. The van der Waals surface area contributed by atoms with Gasteiger partial charge in [-0.05, 0) is 43.2 Å². The van der Waals surface area contributed by atoms with Crippen molar-refractivity contribution in [3.05, 3.63) is 77.2 Å². The van der Waals surface area contributed by atoms with E-state index in [9.17, 15) is 13.6 Å². The van der Waals surface area contributed by atoms with Gasteiger partial charge in [-0.2, -0.15) is 0 Å². The second kappa shape index (κ2) is 7.26. The van der Waals surface area contributed by atoms with Gasteiger partial charge < -0.3 is 10.6 Å². The fourth-order valence-corrected chi connectivity index (χ4v) is 2.33. The summed E-state index contributed by atoms with van der Waals surface area (Å²) in [6, 6.07) is 10.6. The Bertz CT molecular complexity index is 976. The zero-order valence-electron chi connectivity index (χ0n) is 14.2. The molecule has 0 fully saturated rings. The molecule has 0 aliphatic heterocycles. The zero-order chi connectivity index (χ0) is 18.7. The second-order valence-corrected chi connectivity index (χ2v) is 5.81. The van der Waals surface area contributed by atoms with Crippen molar-refractivity contribution in [2.45, 2.75) is 13.8 Å². The average molecular weight is 354 g/mol. The van der Waals surface area contributed by atoms with Crippen molar-refractivity contribution >= 4 is 23.1 Å². The molecular weight excluding hydrogens is 338 g/mol. The maximum absolute atomic E-state index is 13.2. The summed E-state index contributed by atoms with van der Waals surface area (Å²) in [5.41, 5.74) is 3.22. The van der Waals surface area contributed by atoms with Crippen LogP contribution in [0, 0.1) is 25.5 Å². The van der Waals surface area contributed by atoms with Crippen molar-refractivity contribution < 1.29 is 13.6 Å². The lowest BCUT2D eigenvalue weighted by atomic mass is 10.1. The van der Waals surface area contributed by atoms with Gasteiger partial charge in [0.05, 0.1) is 0 Å². The molecule has 0 unspecified atom stereocenters. The quantitative estimate of drug-likeness (QED) is 0.730. The fourth-order valence-electron chi connectivity index (χ4n) is 2.33. The van der Waals surface area contributed by atoms with Crippen molar-refractivity contribution in [1.29, 1.82) is 0 Å². The minimum Gasteiger partial charge on any atom is -0.340 e. The van der Waals surface area contributed by atoms with Gasteiger partial charge in [-0.15, -0.1) is 0 Å². The number of carbonyl (C=O) groups is 1.